The van der Waals surface area contributed by atoms with Gasteiger partial charge < -0.3 is 15.5 Å². The third-order valence-corrected chi connectivity index (χ3v) is 4.99. The number of hydrogen-bond acceptors (Lipinski definition) is 5. The summed E-state index contributed by atoms with van der Waals surface area (Å²) in [6, 6.07) is 12.2. The SMILES string of the molecule is O=C(O)CNC(=O)c1c(O)c2cc(-c3ccccc3Cl)ccc2sc1=O. The molecule has 1 amide bonds. The average Bonchev–Trinajstić information content (AvgIpc) is 2.60. The van der Waals surface area contributed by atoms with Gasteiger partial charge in [-0.15, -0.1) is 0 Å². The van der Waals surface area contributed by atoms with Crippen LogP contribution in [-0.2, 0) is 4.79 Å². The van der Waals surface area contributed by atoms with E-state index in [1.165, 1.54) is 0 Å². The van der Waals surface area contributed by atoms with E-state index in [0.717, 1.165) is 16.9 Å². The highest BCUT2D eigenvalue weighted by Gasteiger charge is 2.20. The van der Waals surface area contributed by atoms with E-state index in [-0.39, 0.29) is 0 Å². The van der Waals surface area contributed by atoms with Crippen LogP contribution in [0.25, 0.3) is 21.2 Å². The molecule has 0 saturated heterocycles. The molecule has 3 aromatic rings. The third kappa shape index (κ3) is 3.40. The summed E-state index contributed by atoms with van der Waals surface area (Å²) in [7, 11) is 0. The number of carbonyl (C=O) groups excluding carboxylic acids is 1. The third-order valence-electron chi connectivity index (χ3n) is 3.69. The summed E-state index contributed by atoms with van der Waals surface area (Å²) in [4.78, 5) is 34.9. The van der Waals surface area contributed by atoms with Crippen molar-refractivity contribution >= 4 is 44.9 Å². The number of carbonyl (C=O) groups is 2. The minimum atomic E-state index is -1.25. The van der Waals surface area contributed by atoms with E-state index in [0.29, 0.717) is 20.7 Å². The van der Waals surface area contributed by atoms with Gasteiger partial charge >= 0.3 is 5.97 Å². The fraction of sp³-hybridized carbons (Fsp3) is 0.0556. The fourth-order valence-corrected chi connectivity index (χ4v) is 3.63. The second-order valence-corrected chi connectivity index (χ2v) is 6.80. The number of benzene rings is 2. The molecular formula is C18H12ClNO5S. The van der Waals surface area contributed by atoms with Crippen LogP contribution in [0, 0.1) is 0 Å². The summed E-state index contributed by atoms with van der Waals surface area (Å²) in [6.45, 7) is -0.653. The molecule has 0 bridgehead atoms. The highest BCUT2D eigenvalue weighted by Crippen LogP contribution is 2.35. The van der Waals surface area contributed by atoms with Crippen LogP contribution in [0.3, 0.4) is 0 Å². The Hall–Kier alpha value is -2.90. The van der Waals surface area contributed by atoms with Crippen LogP contribution in [0.4, 0.5) is 0 Å². The molecule has 1 aromatic heterocycles. The first-order chi connectivity index (χ1) is 12.4. The maximum atomic E-state index is 12.2. The number of fused-ring (bicyclic) bond motifs is 1. The maximum Gasteiger partial charge on any atom is 0.322 e. The first kappa shape index (κ1) is 17.9. The number of carboxylic acid groups (broad SMARTS) is 1. The summed E-state index contributed by atoms with van der Waals surface area (Å²) < 4.78 is -0.151. The number of nitrogens with one attached hydrogen (secondary N) is 1. The molecule has 3 N–H and O–H groups in total. The lowest BCUT2D eigenvalue weighted by molar-refractivity contribution is -0.135. The predicted octanol–water partition coefficient (Wildman–Crippen LogP) is 3.10. The summed E-state index contributed by atoms with van der Waals surface area (Å²) in [5.41, 5.74) is 0.977. The van der Waals surface area contributed by atoms with Crippen LogP contribution < -0.4 is 10.1 Å². The lowest BCUT2D eigenvalue weighted by Gasteiger charge is -2.09. The molecule has 0 aliphatic heterocycles. The van der Waals surface area contributed by atoms with Gasteiger partial charge in [-0.25, -0.2) is 0 Å². The zero-order valence-corrected chi connectivity index (χ0v) is 14.7. The van der Waals surface area contributed by atoms with E-state index >= 15 is 0 Å². The highest BCUT2D eigenvalue weighted by atomic mass is 35.5. The van der Waals surface area contributed by atoms with E-state index in [1.807, 2.05) is 12.1 Å². The second kappa shape index (κ2) is 7.15. The van der Waals surface area contributed by atoms with Crippen LogP contribution in [0.2, 0.25) is 5.02 Å². The molecule has 0 unspecified atom stereocenters. The predicted molar refractivity (Wildman–Crippen MR) is 100 cm³/mol. The summed E-state index contributed by atoms with van der Waals surface area (Å²) in [5.74, 6) is -2.67. The molecule has 0 saturated carbocycles. The molecule has 26 heavy (non-hydrogen) atoms. The second-order valence-electron chi connectivity index (χ2n) is 5.38. The van der Waals surface area contributed by atoms with Crippen LogP contribution >= 0.6 is 22.9 Å². The van der Waals surface area contributed by atoms with Gasteiger partial charge in [0.1, 0.15) is 17.9 Å². The molecule has 0 aliphatic carbocycles. The van der Waals surface area contributed by atoms with Crippen molar-refractivity contribution in [3.63, 3.8) is 0 Å². The Morgan fingerprint density at radius 1 is 1.15 bits per heavy atom. The summed E-state index contributed by atoms with van der Waals surface area (Å²) >= 11 is 6.99. The fourth-order valence-electron chi connectivity index (χ4n) is 2.49. The topological polar surface area (TPSA) is 104 Å². The van der Waals surface area contributed by atoms with E-state index in [1.54, 1.807) is 30.3 Å². The molecule has 0 fully saturated rings. The maximum absolute atomic E-state index is 12.2. The van der Waals surface area contributed by atoms with Gasteiger partial charge in [0.15, 0.2) is 0 Å². The molecule has 3 rings (SSSR count). The zero-order valence-electron chi connectivity index (χ0n) is 13.2. The van der Waals surface area contributed by atoms with Crippen LogP contribution in [-0.4, -0.2) is 28.6 Å². The van der Waals surface area contributed by atoms with Crippen LogP contribution in [0.15, 0.2) is 47.3 Å². The first-order valence-electron chi connectivity index (χ1n) is 7.43. The van der Waals surface area contributed by atoms with Gasteiger partial charge in [-0.3, -0.25) is 14.4 Å². The molecule has 1 heterocycles. The molecule has 0 radical (unpaired) electrons. The van der Waals surface area contributed by atoms with E-state index in [4.69, 9.17) is 16.7 Å². The van der Waals surface area contributed by atoms with Crippen molar-refractivity contribution in [2.45, 2.75) is 0 Å². The van der Waals surface area contributed by atoms with Crippen molar-refractivity contribution in [3.05, 3.63) is 62.6 Å². The first-order valence-corrected chi connectivity index (χ1v) is 8.62. The molecule has 2 aromatic carbocycles. The Morgan fingerprint density at radius 2 is 1.88 bits per heavy atom. The summed E-state index contributed by atoms with van der Waals surface area (Å²) in [6.07, 6.45) is 0. The molecule has 0 atom stereocenters. The van der Waals surface area contributed by atoms with E-state index < -0.39 is 34.5 Å². The Bertz CT molecular complexity index is 1090. The monoisotopic (exact) mass is 389 g/mol. The summed E-state index contributed by atoms with van der Waals surface area (Å²) in [5, 5.41) is 22.0. The number of carboxylic acids is 1. The van der Waals surface area contributed by atoms with Gasteiger partial charge in [0, 0.05) is 20.7 Å². The molecule has 6 nitrogen and oxygen atoms in total. The van der Waals surface area contributed by atoms with Crippen molar-refractivity contribution in [1.29, 1.82) is 0 Å². The van der Waals surface area contributed by atoms with Crippen molar-refractivity contribution in [2.24, 2.45) is 0 Å². The lowest BCUT2D eigenvalue weighted by atomic mass is 10.0. The molecule has 0 aliphatic rings. The Morgan fingerprint density at radius 3 is 2.58 bits per heavy atom. The minimum absolute atomic E-state index is 0.312. The number of aliphatic carboxylic acids is 1. The zero-order chi connectivity index (χ0) is 18.8. The standard InChI is InChI=1S/C18H12ClNO5S/c19-12-4-2-1-3-10(12)9-5-6-13-11(7-9)16(23)15(18(25)26-13)17(24)20-8-14(21)22/h1-7,23H,8H2,(H,20,24)(H,21,22). The molecule has 8 heteroatoms. The minimum Gasteiger partial charge on any atom is -0.506 e. The Labute approximate surface area is 156 Å². The van der Waals surface area contributed by atoms with Crippen LogP contribution in [0.5, 0.6) is 5.75 Å². The number of aromatic hydroxyl groups is 1. The molecule has 132 valence electrons. The number of hydrogen-bond donors (Lipinski definition) is 3. The normalized spacial score (nSPS) is 10.7. The number of amides is 1. The average molecular weight is 390 g/mol. The number of rotatable bonds is 4. The van der Waals surface area contributed by atoms with Gasteiger partial charge in [-0.1, -0.05) is 47.2 Å². The molecule has 0 spiro atoms. The number of halogens is 1. The van der Waals surface area contributed by atoms with Gasteiger partial charge in [0.25, 0.3) is 5.91 Å². The Kier molecular flexibility index (Phi) is 4.92. The van der Waals surface area contributed by atoms with Gasteiger partial charge in [0.05, 0.1) is 0 Å². The van der Waals surface area contributed by atoms with Crippen molar-refractivity contribution in [2.75, 3.05) is 6.54 Å². The lowest BCUT2D eigenvalue weighted by Crippen LogP contribution is -2.32. The van der Waals surface area contributed by atoms with E-state index in [9.17, 15) is 19.5 Å². The quantitative estimate of drug-likeness (QED) is 0.636. The van der Waals surface area contributed by atoms with Gasteiger partial charge in [0.2, 0.25) is 4.74 Å². The molecular weight excluding hydrogens is 378 g/mol. The largest absolute Gasteiger partial charge is 0.506 e. The van der Waals surface area contributed by atoms with Crippen molar-refractivity contribution in [1.82, 2.24) is 5.32 Å². The van der Waals surface area contributed by atoms with Crippen molar-refractivity contribution in [3.8, 4) is 16.9 Å². The van der Waals surface area contributed by atoms with Gasteiger partial charge in [-0.2, -0.15) is 0 Å². The van der Waals surface area contributed by atoms with Crippen LogP contribution in [0.1, 0.15) is 10.4 Å². The highest BCUT2D eigenvalue weighted by molar-refractivity contribution is 7.16. The Balaban J connectivity index is 2.14. The van der Waals surface area contributed by atoms with Crippen molar-refractivity contribution < 1.29 is 19.8 Å². The van der Waals surface area contributed by atoms with Gasteiger partial charge in [-0.05, 0) is 23.8 Å². The smallest absolute Gasteiger partial charge is 0.322 e. The van der Waals surface area contributed by atoms with E-state index in [2.05, 4.69) is 5.32 Å².